The molecule has 1 aromatic carbocycles. The number of amides is 2. The molecule has 0 fully saturated rings. The van der Waals surface area contributed by atoms with Crippen LogP contribution < -0.4 is 11.1 Å². The van der Waals surface area contributed by atoms with E-state index < -0.39 is 0 Å². The lowest BCUT2D eigenvalue weighted by Gasteiger charge is -2.09. The summed E-state index contributed by atoms with van der Waals surface area (Å²) in [6.45, 7) is 3.61. The van der Waals surface area contributed by atoms with E-state index in [1.54, 1.807) is 6.92 Å². The van der Waals surface area contributed by atoms with Crippen molar-refractivity contribution in [1.82, 2.24) is 20.5 Å². The van der Waals surface area contributed by atoms with Crippen LogP contribution in [-0.2, 0) is 16.0 Å². The van der Waals surface area contributed by atoms with Crippen molar-refractivity contribution in [3.63, 3.8) is 0 Å². The minimum Gasteiger partial charge on any atom is -0.369 e. The van der Waals surface area contributed by atoms with Gasteiger partial charge in [0, 0.05) is 10.9 Å². The van der Waals surface area contributed by atoms with Crippen molar-refractivity contribution in [3.8, 4) is 10.6 Å². The Bertz CT molecular complexity index is 957. The quantitative estimate of drug-likeness (QED) is 0.528. The predicted octanol–water partition coefficient (Wildman–Crippen LogP) is 3.05. The molecule has 3 rings (SSSR count). The van der Waals surface area contributed by atoms with E-state index in [2.05, 4.69) is 20.5 Å². The van der Waals surface area contributed by atoms with E-state index in [0.717, 1.165) is 19.9 Å². The molecule has 3 aromatic rings. The maximum atomic E-state index is 12.3. The molecule has 0 bridgehead atoms. The Kier molecular flexibility index (Phi) is 6.76. The summed E-state index contributed by atoms with van der Waals surface area (Å²) in [5, 5.41) is 14.4. The van der Waals surface area contributed by atoms with Gasteiger partial charge in [0.25, 0.3) is 0 Å². The first-order valence-electron chi connectivity index (χ1n) is 8.51. The van der Waals surface area contributed by atoms with Crippen molar-refractivity contribution in [2.24, 2.45) is 5.73 Å². The van der Waals surface area contributed by atoms with E-state index >= 15 is 0 Å². The van der Waals surface area contributed by atoms with Gasteiger partial charge in [-0.25, -0.2) is 4.98 Å². The first-order chi connectivity index (χ1) is 13.4. The Balaban J connectivity index is 1.56. The Hall–Kier alpha value is -2.30. The highest BCUT2D eigenvalue weighted by Crippen LogP contribution is 2.28. The average Bonchev–Trinajstić information content (AvgIpc) is 3.32. The second-order valence-corrected chi connectivity index (χ2v) is 9.50. The maximum Gasteiger partial charge on any atom is 0.230 e. The zero-order valence-corrected chi connectivity index (χ0v) is 17.7. The van der Waals surface area contributed by atoms with Crippen LogP contribution in [0.3, 0.4) is 0 Å². The Labute approximate surface area is 174 Å². The summed E-state index contributed by atoms with van der Waals surface area (Å²) in [6, 6.07) is 9.56. The van der Waals surface area contributed by atoms with Crippen LogP contribution in [0.2, 0.25) is 0 Å². The van der Waals surface area contributed by atoms with Gasteiger partial charge >= 0.3 is 0 Å². The lowest BCUT2D eigenvalue weighted by molar-refractivity contribution is -0.121. The minimum absolute atomic E-state index is 0.145. The lowest BCUT2D eigenvalue weighted by Crippen LogP contribution is -2.28. The summed E-state index contributed by atoms with van der Waals surface area (Å²) in [5.41, 5.74) is 6.93. The molecule has 3 N–H and O–H groups in total. The number of thioether (sulfide) groups is 1. The molecule has 10 heteroatoms. The number of nitrogens with one attached hydrogen (secondary N) is 1. The van der Waals surface area contributed by atoms with Gasteiger partial charge in [-0.05, 0) is 13.8 Å². The van der Waals surface area contributed by atoms with E-state index in [4.69, 9.17) is 5.73 Å². The van der Waals surface area contributed by atoms with Gasteiger partial charge in [-0.3, -0.25) is 9.59 Å². The molecule has 0 aliphatic rings. The van der Waals surface area contributed by atoms with Gasteiger partial charge in [-0.15, -0.1) is 21.5 Å². The highest BCUT2D eigenvalue weighted by Gasteiger charge is 2.18. The standard InChI is InChI=1S/C18H19N5O2S3/c1-10(16-22-23-17(28-16)12-6-4-3-5-7-12)20-14(24)8-13-9-26-18(21-13)27-11(2)15(19)25/h3-7,9-11H,8H2,1-2H3,(H2,19,25)(H,20,24). The molecule has 0 saturated heterocycles. The Morgan fingerprint density at radius 2 is 1.96 bits per heavy atom. The lowest BCUT2D eigenvalue weighted by atomic mass is 10.2. The summed E-state index contributed by atoms with van der Waals surface area (Å²) in [6.07, 6.45) is 0.163. The number of thiazole rings is 1. The molecule has 2 heterocycles. The number of nitrogens with two attached hydrogens (primary N) is 1. The zero-order chi connectivity index (χ0) is 20.1. The number of primary amides is 1. The van der Waals surface area contributed by atoms with E-state index in [1.165, 1.54) is 34.4 Å². The van der Waals surface area contributed by atoms with Gasteiger partial charge in [-0.2, -0.15) is 0 Å². The van der Waals surface area contributed by atoms with Gasteiger partial charge < -0.3 is 11.1 Å². The fraction of sp³-hybridized carbons (Fsp3) is 0.278. The van der Waals surface area contributed by atoms with Crippen LogP contribution in [0.1, 0.15) is 30.6 Å². The molecule has 28 heavy (non-hydrogen) atoms. The molecular formula is C18H19N5O2S3. The van der Waals surface area contributed by atoms with Crippen molar-refractivity contribution >= 4 is 46.2 Å². The molecule has 0 radical (unpaired) electrons. The van der Waals surface area contributed by atoms with Crippen LogP contribution in [0, 0.1) is 0 Å². The van der Waals surface area contributed by atoms with Crippen molar-refractivity contribution in [3.05, 3.63) is 46.4 Å². The number of carbonyl (C=O) groups is 2. The summed E-state index contributed by atoms with van der Waals surface area (Å²) in [5.74, 6) is -0.533. The van der Waals surface area contributed by atoms with E-state index in [9.17, 15) is 9.59 Å². The normalized spacial score (nSPS) is 13.1. The van der Waals surface area contributed by atoms with Gasteiger partial charge in [0.15, 0.2) is 4.34 Å². The van der Waals surface area contributed by atoms with Crippen molar-refractivity contribution < 1.29 is 9.59 Å². The van der Waals surface area contributed by atoms with Crippen LogP contribution in [0.15, 0.2) is 40.1 Å². The predicted molar refractivity (Wildman–Crippen MR) is 112 cm³/mol. The molecule has 0 aliphatic carbocycles. The molecule has 146 valence electrons. The monoisotopic (exact) mass is 433 g/mol. The Morgan fingerprint density at radius 1 is 1.21 bits per heavy atom. The fourth-order valence-corrected chi connectivity index (χ4v) is 5.04. The van der Waals surface area contributed by atoms with Crippen LogP contribution in [0.25, 0.3) is 10.6 Å². The van der Waals surface area contributed by atoms with Gasteiger partial charge in [0.1, 0.15) is 10.0 Å². The summed E-state index contributed by atoms with van der Waals surface area (Å²) >= 11 is 4.15. The molecular weight excluding hydrogens is 414 g/mol. The van der Waals surface area contributed by atoms with Crippen molar-refractivity contribution in [1.29, 1.82) is 0 Å². The molecule has 2 unspecified atom stereocenters. The second-order valence-electron chi connectivity index (χ2n) is 6.04. The number of nitrogens with zero attached hydrogens (tertiary/aromatic N) is 3. The van der Waals surface area contributed by atoms with Crippen LogP contribution in [-0.4, -0.2) is 32.2 Å². The van der Waals surface area contributed by atoms with Crippen LogP contribution >= 0.6 is 34.4 Å². The number of rotatable bonds is 8. The highest BCUT2D eigenvalue weighted by atomic mass is 32.2. The molecule has 2 amide bonds. The number of benzene rings is 1. The molecule has 7 nitrogen and oxygen atoms in total. The van der Waals surface area contributed by atoms with Gasteiger partial charge in [0.05, 0.1) is 23.4 Å². The molecule has 0 spiro atoms. The van der Waals surface area contributed by atoms with Crippen molar-refractivity contribution in [2.75, 3.05) is 0 Å². The van der Waals surface area contributed by atoms with Gasteiger partial charge in [0.2, 0.25) is 11.8 Å². The van der Waals surface area contributed by atoms with Crippen molar-refractivity contribution in [2.45, 2.75) is 35.9 Å². The van der Waals surface area contributed by atoms with E-state index in [0.29, 0.717) is 5.69 Å². The third-order valence-electron chi connectivity index (χ3n) is 3.76. The fourth-order valence-electron chi connectivity index (χ4n) is 2.26. The number of aromatic nitrogens is 3. The molecule has 0 saturated carbocycles. The molecule has 2 aromatic heterocycles. The van der Waals surface area contributed by atoms with Crippen LogP contribution in [0.5, 0.6) is 0 Å². The van der Waals surface area contributed by atoms with E-state index in [-0.39, 0.29) is 29.5 Å². The maximum absolute atomic E-state index is 12.3. The minimum atomic E-state index is -0.389. The van der Waals surface area contributed by atoms with Crippen LogP contribution in [0.4, 0.5) is 0 Å². The first-order valence-corrected chi connectivity index (χ1v) is 11.1. The first kappa shape index (κ1) is 20.4. The Morgan fingerprint density at radius 3 is 2.68 bits per heavy atom. The third-order valence-corrected chi connectivity index (χ3v) is 7.05. The number of carbonyl (C=O) groups excluding carboxylic acids is 2. The highest BCUT2D eigenvalue weighted by molar-refractivity contribution is 8.02. The van der Waals surface area contributed by atoms with Gasteiger partial charge in [-0.1, -0.05) is 53.4 Å². The SMILES string of the molecule is CC(Sc1nc(CC(=O)NC(C)c2nnc(-c3ccccc3)s2)cs1)C(N)=O. The summed E-state index contributed by atoms with van der Waals surface area (Å²) < 4.78 is 0.721. The van der Waals surface area contributed by atoms with E-state index in [1.807, 2.05) is 42.6 Å². The number of hydrogen-bond acceptors (Lipinski definition) is 8. The smallest absolute Gasteiger partial charge is 0.230 e. The average molecular weight is 434 g/mol. The summed E-state index contributed by atoms with van der Waals surface area (Å²) in [4.78, 5) is 27.9. The molecule has 0 aliphatic heterocycles. The number of hydrogen-bond donors (Lipinski definition) is 2. The second kappa shape index (κ2) is 9.26. The largest absolute Gasteiger partial charge is 0.369 e. The summed E-state index contributed by atoms with van der Waals surface area (Å²) in [7, 11) is 0. The third kappa shape index (κ3) is 5.37. The zero-order valence-electron chi connectivity index (χ0n) is 15.3. The molecule has 2 atom stereocenters. The topological polar surface area (TPSA) is 111 Å².